The van der Waals surface area contributed by atoms with Gasteiger partial charge in [-0.25, -0.2) is 4.99 Å². The van der Waals surface area contributed by atoms with E-state index in [1.165, 1.54) is 0 Å². The van der Waals surface area contributed by atoms with E-state index < -0.39 is 5.60 Å². The van der Waals surface area contributed by atoms with Crippen LogP contribution in [0.2, 0.25) is 0 Å². The first-order valence-electron chi connectivity index (χ1n) is 6.79. The number of likely N-dealkylation sites (tertiary alicyclic amines) is 1. The zero-order valence-corrected chi connectivity index (χ0v) is 15.2. The van der Waals surface area contributed by atoms with E-state index >= 15 is 0 Å². The molecule has 1 aliphatic rings. The third-order valence-electron chi connectivity index (χ3n) is 3.80. The third kappa shape index (κ3) is 4.60. The molecule has 114 valence electrons. The number of hydrogen-bond acceptors (Lipinski definition) is 3. The lowest BCUT2D eigenvalue weighted by Gasteiger charge is -2.31. The van der Waals surface area contributed by atoms with Crippen molar-refractivity contribution in [1.29, 1.82) is 0 Å². The van der Waals surface area contributed by atoms with E-state index in [0.29, 0.717) is 12.5 Å². The second kappa shape index (κ2) is 7.61. The van der Waals surface area contributed by atoms with Gasteiger partial charge in [0, 0.05) is 13.1 Å². The van der Waals surface area contributed by atoms with E-state index in [2.05, 4.69) is 16.8 Å². The van der Waals surface area contributed by atoms with Crippen molar-refractivity contribution >= 4 is 41.3 Å². The summed E-state index contributed by atoms with van der Waals surface area (Å²) in [5.74, 6) is 1.33. The lowest BCUT2D eigenvalue weighted by atomic mass is 9.99. The molecule has 0 amide bonds. The highest BCUT2D eigenvalue weighted by molar-refractivity contribution is 14.0. The number of thiophene rings is 1. The molecule has 0 aromatic carbocycles. The Balaban J connectivity index is 0.00000200. The van der Waals surface area contributed by atoms with Crippen LogP contribution in [0.3, 0.4) is 0 Å². The summed E-state index contributed by atoms with van der Waals surface area (Å²) in [4.78, 5) is 6.49. The molecule has 1 aromatic heterocycles. The Morgan fingerprint density at radius 2 is 2.20 bits per heavy atom. The lowest BCUT2D eigenvalue weighted by molar-refractivity contribution is 0.0674. The molecular weight excluding hydrogens is 385 g/mol. The standard InChI is InChI=1S/C14H23N3OS.HI/c1-11-3-6-17(7-4-11)13(15)16-10-14(2,18)12-5-8-19-9-12;/h5,8-9,11,18H,3-4,6-7,10H2,1-2H3,(H2,15,16);1H. The van der Waals surface area contributed by atoms with Crippen LogP contribution in [0.25, 0.3) is 0 Å². The van der Waals surface area contributed by atoms with Gasteiger partial charge >= 0.3 is 0 Å². The fraction of sp³-hybridized carbons (Fsp3) is 0.643. The first-order valence-corrected chi connectivity index (χ1v) is 7.73. The van der Waals surface area contributed by atoms with E-state index in [-0.39, 0.29) is 24.0 Å². The van der Waals surface area contributed by atoms with E-state index in [4.69, 9.17) is 5.73 Å². The maximum absolute atomic E-state index is 10.4. The number of nitrogens with two attached hydrogens (primary N) is 1. The third-order valence-corrected chi connectivity index (χ3v) is 4.48. The zero-order chi connectivity index (χ0) is 13.9. The molecule has 2 rings (SSSR count). The van der Waals surface area contributed by atoms with Crippen LogP contribution in [0, 0.1) is 5.92 Å². The minimum Gasteiger partial charge on any atom is -0.383 e. The number of rotatable bonds is 3. The Morgan fingerprint density at radius 1 is 1.55 bits per heavy atom. The van der Waals surface area contributed by atoms with Crippen molar-refractivity contribution in [3.8, 4) is 0 Å². The van der Waals surface area contributed by atoms with Gasteiger partial charge in [-0.3, -0.25) is 0 Å². The predicted molar refractivity (Wildman–Crippen MR) is 95.8 cm³/mol. The van der Waals surface area contributed by atoms with E-state index in [1.807, 2.05) is 16.8 Å². The minimum absolute atomic E-state index is 0. The van der Waals surface area contributed by atoms with Crippen LogP contribution < -0.4 is 5.73 Å². The summed E-state index contributed by atoms with van der Waals surface area (Å²) >= 11 is 1.58. The summed E-state index contributed by atoms with van der Waals surface area (Å²) in [5.41, 5.74) is 5.99. The number of guanidine groups is 1. The smallest absolute Gasteiger partial charge is 0.191 e. The van der Waals surface area contributed by atoms with Gasteiger partial charge in [0.2, 0.25) is 0 Å². The Kier molecular flexibility index (Phi) is 6.74. The molecule has 1 fully saturated rings. The Bertz CT molecular complexity index is 426. The van der Waals surface area contributed by atoms with Crippen LogP contribution in [0.1, 0.15) is 32.3 Å². The summed E-state index contributed by atoms with van der Waals surface area (Å²) in [5, 5.41) is 14.3. The largest absolute Gasteiger partial charge is 0.383 e. The average Bonchev–Trinajstić information content (AvgIpc) is 2.91. The van der Waals surface area contributed by atoms with Crippen LogP contribution in [0.4, 0.5) is 0 Å². The molecule has 0 aliphatic carbocycles. The highest BCUT2D eigenvalue weighted by Gasteiger charge is 2.24. The Morgan fingerprint density at radius 3 is 2.75 bits per heavy atom. The van der Waals surface area contributed by atoms with Crippen molar-refractivity contribution < 1.29 is 5.11 Å². The fourth-order valence-corrected chi connectivity index (χ4v) is 3.02. The molecule has 6 heteroatoms. The predicted octanol–water partition coefficient (Wildman–Crippen LogP) is 2.62. The Hall–Kier alpha value is -0.340. The molecule has 2 heterocycles. The van der Waals surface area contributed by atoms with Gasteiger partial charge in [-0.15, -0.1) is 24.0 Å². The molecule has 1 unspecified atom stereocenters. The van der Waals surface area contributed by atoms with Crippen LogP contribution in [-0.4, -0.2) is 35.6 Å². The quantitative estimate of drug-likeness (QED) is 0.459. The second-order valence-corrected chi connectivity index (χ2v) is 6.41. The van der Waals surface area contributed by atoms with Crippen molar-refractivity contribution in [1.82, 2.24) is 4.90 Å². The summed E-state index contributed by atoms with van der Waals surface area (Å²) in [7, 11) is 0. The number of nitrogens with zero attached hydrogens (tertiary/aromatic N) is 2. The van der Waals surface area contributed by atoms with Crippen molar-refractivity contribution in [3.05, 3.63) is 22.4 Å². The van der Waals surface area contributed by atoms with Crippen LogP contribution in [-0.2, 0) is 5.60 Å². The first-order chi connectivity index (χ1) is 8.99. The van der Waals surface area contributed by atoms with Gasteiger partial charge in [-0.05, 0) is 48.1 Å². The minimum atomic E-state index is -0.937. The molecule has 20 heavy (non-hydrogen) atoms. The molecule has 1 aliphatic heterocycles. The monoisotopic (exact) mass is 409 g/mol. The van der Waals surface area contributed by atoms with Crippen molar-refractivity contribution in [2.24, 2.45) is 16.6 Å². The lowest BCUT2D eigenvalue weighted by Crippen LogP contribution is -2.43. The topological polar surface area (TPSA) is 61.8 Å². The second-order valence-electron chi connectivity index (χ2n) is 5.63. The molecule has 0 spiro atoms. The number of hydrogen-bond donors (Lipinski definition) is 2. The number of piperidine rings is 1. The number of halogens is 1. The average molecular weight is 409 g/mol. The van der Waals surface area contributed by atoms with Gasteiger partial charge in [0.25, 0.3) is 0 Å². The van der Waals surface area contributed by atoms with Gasteiger partial charge in [0.1, 0.15) is 5.60 Å². The van der Waals surface area contributed by atoms with E-state index in [9.17, 15) is 5.11 Å². The normalized spacial score (nSPS) is 20.4. The molecule has 1 aromatic rings. The molecule has 0 bridgehead atoms. The molecule has 4 nitrogen and oxygen atoms in total. The fourth-order valence-electron chi connectivity index (χ4n) is 2.23. The molecule has 1 saturated heterocycles. The molecule has 1 atom stereocenters. The number of aliphatic hydroxyl groups is 1. The SMILES string of the molecule is CC1CCN(C(N)=NCC(C)(O)c2ccsc2)CC1.I. The maximum atomic E-state index is 10.4. The van der Waals surface area contributed by atoms with E-state index in [0.717, 1.165) is 37.4 Å². The Labute approximate surface area is 142 Å². The zero-order valence-electron chi connectivity index (χ0n) is 12.1. The van der Waals surface area contributed by atoms with Gasteiger partial charge in [0.15, 0.2) is 5.96 Å². The summed E-state index contributed by atoms with van der Waals surface area (Å²) in [6, 6.07) is 1.93. The van der Waals surface area contributed by atoms with Crippen LogP contribution in [0.5, 0.6) is 0 Å². The highest BCUT2D eigenvalue weighted by Crippen LogP contribution is 2.23. The van der Waals surface area contributed by atoms with Crippen LogP contribution in [0.15, 0.2) is 21.8 Å². The molecule has 3 N–H and O–H groups in total. The summed E-state index contributed by atoms with van der Waals surface area (Å²) < 4.78 is 0. The van der Waals surface area contributed by atoms with Gasteiger partial charge in [-0.1, -0.05) is 6.92 Å². The molecule has 0 radical (unpaired) electrons. The van der Waals surface area contributed by atoms with Gasteiger partial charge in [-0.2, -0.15) is 11.3 Å². The van der Waals surface area contributed by atoms with Crippen molar-refractivity contribution in [2.75, 3.05) is 19.6 Å². The molecule has 0 saturated carbocycles. The van der Waals surface area contributed by atoms with Crippen molar-refractivity contribution in [2.45, 2.75) is 32.3 Å². The number of aliphatic imine (C=N–C) groups is 1. The maximum Gasteiger partial charge on any atom is 0.191 e. The summed E-state index contributed by atoms with van der Waals surface area (Å²) in [6.07, 6.45) is 2.33. The highest BCUT2D eigenvalue weighted by atomic mass is 127. The van der Waals surface area contributed by atoms with E-state index in [1.54, 1.807) is 18.3 Å². The van der Waals surface area contributed by atoms with Gasteiger partial charge in [0.05, 0.1) is 6.54 Å². The molecular formula is C14H24IN3OS. The van der Waals surface area contributed by atoms with Gasteiger partial charge < -0.3 is 15.7 Å². The van der Waals surface area contributed by atoms with Crippen LogP contribution >= 0.6 is 35.3 Å². The first kappa shape index (κ1) is 17.7. The van der Waals surface area contributed by atoms with Crippen molar-refractivity contribution in [3.63, 3.8) is 0 Å². The summed E-state index contributed by atoms with van der Waals surface area (Å²) in [6.45, 7) is 6.30.